The van der Waals surface area contributed by atoms with Crippen molar-refractivity contribution in [2.75, 3.05) is 0 Å². The molecule has 0 amide bonds. The van der Waals surface area contributed by atoms with Gasteiger partial charge in [-0.05, 0) is 56.3 Å². The maximum Gasteiger partial charge on any atom is 3.00 e. The van der Waals surface area contributed by atoms with Crippen LogP contribution < -0.4 is 4.74 Å². The first-order valence-corrected chi connectivity index (χ1v) is 9.00. The number of esters is 1. The third-order valence-corrected chi connectivity index (χ3v) is 5.79. The van der Waals surface area contributed by atoms with Crippen molar-refractivity contribution in [3.8, 4) is 5.75 Å². The van der Waals surface area contributed by atoms with Crippen molar-refractivity contribution >= 4 is 5.97 Å². The van der Waals surface area contributed by atoms with E-state index in [9.17, 15) is 9.18 Å². The number of hydrogen-bond acceptors (Lipinski definition) is 2. The van der Waals surface area contributed by atoms with Gasteiger partial charge in [-0.15, -0.1) is 12.1 Å². The second-order valence-corrected chi connectivity index (χ2v) is 7.43. The molecular formula is C20H26FO2Y+2. The van der Waals surface area contributed by atoms with Gasteiger partial charge in [-0.1, -0.05) is 25.8 Å². The van der Waals surface area contributed by atoms with Gasteiger partial charge in [-0.2, -0.15) is 6.07 Å². The maximum absolute atomic E-state index is 13.1. The molecule has 2 nitrogen and oxygen atoms in total. The van der Waals surface area contributed by atoms with Gasteiger partial charge < -0.3 is 4.74 Å². The number of ether oxygens (including phenoxy) is 1. The zero-order chi connectivity index (χ0) is 16.2. The van der Waals surface area contributed by atoms with Crippen LogP contribution in [0, 0.1) is 35.6 Å². The van der Waals surface area contributed by atoms with Gasteiger partial charge in [0.1, 0.15) is 0 Å². The summed E-state index contributed by atoms with van der Waals surface area (Å²) in [6, 6.07) is 6.65. The number of halogens is 1. The molecule has 24 heavy (non-hydrogen) atoms. The first-order chi connectivity index (χ1) is 11.1. The molecule has 0 atom stereocenters. The maximum atomic E-state index is 13.1. The van der Waals surface area contributed by atoms with Crippen LogP contribution in [0.15, 0.2) is 18.2 Å². The topological polar surface area (TPSA) is 26.3 Å². The first-order valence-electron chi connectivity index (χ1n) is 9.00. The zero-order valence-electron chi connectivity index (χ0n) is 14.5. The molecule has 0 aromatic heterocycles. The van der Waals surface area contributed by atoms with E-state index in [1.165, 1.54) is 37.8 Å². The molecule has 0 spiro atoms. The number of benzene rings is 1. The van der Waals surface area contributed by atoms with Crippen LogP contribution in [0.2, 0.25) is 0 Å². The van der Waals surface area contributed by atoms with Crippen LogP contribution >= 0.6 is 0 Å². The largest absolute Gasteiger partial charge is 3.00 e. The second kappa shape index (κ2) is 9.43. The molecule has 0 unspecified atom stereocenters. The van der Waals surface area contributed by atoms with Crippen LogP contribution in [-0.2, 0) is 37.5 Å². The van der Waals surface area contributed by atoms with E-state index >= 15 is 0 Å². The van der Waals surface area contributed by atoms with Crippen LogP contribution in [-0.4, -0.2) is 5.97 Å². The Kier molecular flexibility index (Phi) is 7.87. The van der Waals surface area contributed by atoms with Gasteiger partial charge in [-0.25, -0.2) is 4.39 Å². The Morgan fingerprint density at radius 1 is 1.08 bits per heavy atom. The molecule has 1 aromatic carbocycles. The van der Waals surface area contributed by atoms with Crippen LogP contribution in [0.3, 0.4) is 0 Å². The third kappa shape index (κ3) is 5.36. The van der Waals surface area contributed by atoms with Crippen molar-refractivity contribution in [3.05, 3.63) is 30.1 Å². The fraction of sp³-hybridized carbons (Fsp3) is 0.650. The van der Waals surface area contributed by atoms with Gasteiger partial charge in [0, 0.05) is 11.6 Å². The molecule has 0 bridgehead atoms. The predicted molar refractivity (Wildman–Crippen MR) is 87.4 cm³/mol. The predicted octanol–water partition coefficient (Wildman–Crippen LogP) is 5.16. The molecule has 0 N–H and O–H groups in total. The Hall–Kier alpha value is -0.276. The van der Waals surface area contributed by atoms with Gasteiger partial charge in [-0.3, -0.25) is 4.79 Å². The number of carbonyl (C=O) groups excluding carboxylic acids is 1. The summed E-state index contributed by atoms with van der Waals surface area (Å²) in [7, 11) is 0. The van der Waals surface area contributed by atoms with Gasteiger partial charge in [0.05, 0.1) is 5.92 Å². The molecule has 2 fully saturated rings. The van der Waals surface area contributed by atoms with Gasteiger partial charge in [0.25, 0.3) is 0 Å². The Morgan fingerprint density at radius 3 is 2.25 bits per heavy atom. The molecule has 2 saturated carbocycles. The summed E-state index contributed by atoms with van der Waals surface area (Å²) >= 11 is 0. The monoisotopic (exact) mass is 406 g/mol. The van der Waals surface area contributed by atoms with E-state index in [0.717, 1.165) is 43.4 Å². The summed E-state index contributed by atoms with van der Waals surface area (Å²) in [5.74, 6) is 2.10. The SMILES string of the molecule is CC1CCC(C2CCC(C(=O)Oc3cc[c-]c(F)c3)CC2)CC1.[Y+3]. The Bertz CT molecular complexity index is 532. The van der Waals surface area contributed by atoms with E-state index in [0.29, 0.717) is 0 Å². The van der Waals surface area contributed by atoms with E-state index in [1.807, 2.05) is 0 Å². The Balaban J connectivity index is 0.00000208. The van der Waals surface area contributed by atoms with E-state index in [4.69, 9.17) is 4.74 Å². The van der Waals surface area contributed by atoms with Crippen molar-refractivity contribution in [2.45, 2.75) is 58.3 Å². The zero-order valence-corrected chi connectivity index (χ0v) is 17.3. The fourth-order valence-electron chi connectivity index (χ4n) is 4.26. The van der Waals surface area contributed by atoms with E-state index in [2.05, 4.69) is 13.0 Å². The molecule has 0 radical (unpaired) electrons. The van der Waals surface area contributed by atoms with Gasteiger partial charge in [0.2, 0.25) is 0 Å². The quantitative estimate of drug-likeness (QED) is 0.394. The van der Waals surface area contributed by atoms with Crippen molar-refractivity contribution in [1.82, 2.24) is 0 Å². The number of carbonyl (C=O) groups is 1. The molecule has 4 heteroatoms. The third-order valence-electron chi connectivity index (χ3n) is 5.79. The smallest absolute Gasteiger partial charge is 0.453 e. The van der Waals surface area contributed by atoms with Crippen molar-refractivity contribution in [1.29, 1.82) is 0 Å². The van der Waals surface area contributed by atoms with E-state index in [-0.39, 0.29) is 50.3 Å². The van der Waals surface area contributed by atoms with E-state index in [1.54, 1.807) is 6.07 Å². The second-order valence-electron chi connectivity index (χ2n) is 7.43. The average molecular weight is 406 g/mol. The summed E-state index contributed by atoms with van der Waals surface area (Å²) < 4.78 is 18.4. The average Bonchev–Trinajstić information content (AvgIpc) is 2.56. The van der Waals surface area contributed by atoms with E-state index < -0.39 is 5.82 Å². The molecule has 126 valence electrons. The summed E-state index contributed by atoms with van der Waals surface area (Å²) in [5.41, 5.74) is 0. The fourth-order valence-corrected chi connectivity index (χ4v) is 4.26. The van der Waals surface area contributed by atoms with Crippen LogP contribution in [0.4, 0.5) is 4.39 Å². The van der Waals surface area contributed by atoms with Crippen molar-refractivity contribution in [2.24, 2.45) is 23.7 Å². The summed E-state index contributed by atoms with van der Waals surface area (Å²) in [5, 5.41) is 0. The molecule has 3 rings (SSSR count). The molecule has 1 aromatic rings. The minimum absolute atomic E-state index is 0. The summed E-state index contributed by atoms with van der Waals surface area (Å²) in [6.07, 6.45) is 9.55. The van der Waals surface area contributed by atoms with Crippen molar-refractivity contribution in [3.63, 3.8) is 0 Å². The van der Waals surface area contributed by atoms with Crippen LogP contribution in [0.5, 0.6) is 5.75 Å². The molecule has 0 heterocycles. The summed E-state index contributed by atoms with van der Waals surface area (Å²) in [4.78, 5) is 12.2. The first kappa shape index (κ1) is 20.0. The molecule has 0 saturated heterocycles. The standard InChI is InChI=1S/C20H26FO2.Y/c1-14-5-7-15(8-6-14)16-9-11-17(12-10-16)20(22)23-19-4-2-3-18(21)13-19;/h2,4,13-17H,5-12H2,1H3;/q-1;+3. The molecule has 2 aliphatic rings. The summed E-state index contributed by atoms with van der Waals surface area (Å²) in [6.45, 7) is 2.35. The van der Waals surface area contributed by atoms with Crippen molar-refractivity contribution < 1.29 is 46.6 Å². The molecule has 0 aliphatic heterocycles. The number of hydrogen-bond donors (Lipinski definition) is 0. The van der Waals surface area contributed by atoms with Crippen LogP contribution in [0.25, 0.3) is 0 Å². The van der Waals surface area contributed by atoms with Gasteiger partial charge >= 0.3 is 38.7 Å². The molecule has 2 aliphatic carbocycles. The minimum atomic E-state index is -0.495. The molecular weight excluding hydrogens is 380 g/mol. The normalized spacial score (nSPS) is 30.2. The minimum Gasteiger partial charge on any atom is -0.453 e. The number of rotatable bonds is 3. The Morgan fingerprint density at radius 2 is 1.67 bits per heavy atom. The van der Waals surface area contributed by atoms with Crippen LogP contribution in [0.1, 0.15) is 58.3 Å². The Labute approximate surface area is 169 Å². The van der Waals surface area contributed by atoms with Gasteiger partial charge in [0.15, 0.2) is 0 Å².